The van der Waals surface area contributed by atoms with E-state index in [2.05, 4.69) is 4.72 Å². The van der Waals surface area contributed by atoms with Crippen LogP contribution in [-0.4, -0.2) is 28.6 Å². The average molecular weight is 255 g/mol. The fourth-order valence-corrected chi connectivity index (χ4v) is 3.26. The van der Waals surface area contributed by atoms with Crippen LogP contribution in [0.1, 0.15) is 17.9 Å². The molecule has 1 atom stereocenters. The summed E-state index contributed by atoms with van der Waals surface area (Å²) < 4.78 is 27.6. The van der Waals surface area contributed by atoms with E-state index in [1.54, 1.807) is 0 Å². The van der Waals surface area contributed by atoms with Gasteiger partial charge in [0.15, 0.2) is 0 Å². The summed E-state index contributed by atoms with van der Waals surface area (Å²) in [6.45, 7) is 1.03. The van der Waals surface area contributed by atoms with Gasteiger partial charge in [0.25, 0.3) is 0 Å². The highest BCUT2D eigenvalue weighted by Gasteiger charge is 2.34. The third kappa shape index (κ3) is 2.15. The summed E-state index contributed by atoms with van der Waals surface area (Å²) in [5.74, 6) is 0.194. The van der Waals surface area contributed by atoms with Gasteiger partial charge in [0.1, 0.15) is 0 Å². The summed E-state index contributed by atoms with van der Waals surface area (Å²) >= 11 is 0. The van der Waals surface area contributed by atoms with E-state index in [1.165, 1.54) is 11.4 Å². The zero-order valence-electron chi connectivity index (χ0n) is 9.76. The summed E-state index contributed by atoms with van der Waals surface area (Å²) in [6, 6.07) is 7.58. The van der Waals surface area contributed by atoms with Gasteiger partial charge in [-0.2, -0.15) is 8.42 Å². The van der Waals surface area contributed by atoms with Crippen molar-refractivity contribution in [2.75, 3.05) is 24.4 Å². The third-order valence-electron chi connectivity index (χ3n) is 3.09. The summed E-state index contributed by atoms with van der Waals surface area (Å²) in [5.41, 5.74) is 7.40. The smallest absolute Gasteiger partial charge is 0.301 e. The van der Waals surface area contributed by atoms with Gasteiger partial charge in [0.2, 0.25) is 0 Å². The second-order valence-electron chi connectivity index (χ2n) is 4.07. The summed E-state index contributed by atoms with van der Waals surface area (Å²) in [6.07, 6.45) is 0.798. The van der Waals surface area contributed by atoms with Gasteiger partial charge in [-0.3, -0.25) is 4.31 Å². The Labute approximate surface area is 102 Å². The molecule has 0 radical (unpaired) electrons. The molecule has 94 valence electrons. The van der Waals surface area contributed by atoms with Crippen molar-refractivity contribution < 1.29 is 8.42 Å². The van der Waals surface area contributed by atoms with Gasteiger partial charge in [0, 0.05) is 19.5 Å². The van der Waals surface area contributed by atoms with Crippen molar-refractivity contribution in [1.82, 2.24) is 4.72 Å². The first kappa shape index (κ1) is 12.3. The number of nitrogens with one attached hydrogen (secondary N) is 1. The topological polar surface area (TPSA) is 75.4 Å². The second-order valence-corrected chi connectivity index (χ2v) is 5.87. The van der Waals surface area contributed by atoms with Crippen LogP contribution in [0.2, 0.25) is 0 Å². The van der Waals surface area contributed by atoms with Gasteiger partial charge >= 0.3 is 10.2 Å². The zero-order valence-corrected chi connectivity index (χ0v) is 10.6. The van der Waals surface area contributed by atoms with E-state index < -0.39 is 10.2 Å². The Balaban J connectivity index is 2.42. The Hall–Kier alpha value is -1.11. The molecule has 5 nitrogen and oxygen atoms in total. The first-order valence-electron chi connectivity index (χ1n) is 5.60. The highest BCUT2D eigenvalue weighted by Crippen LogP contribution is 2.38. The first-order valence-corrected chi connectivity index (χ1v) is 7.04. The van der Waals surface area contributed by atoms with Gasteiger partial charge in [-0.1, -0.05) is 18.2 Å². The van der Waals surface area contributed by atoms with Gasteiger partial charge in [-0.05, 0) is 24.6 Å². The van der Waals surface area contributed by atoms with Crippen molar-refractivity contribution >= 4 is 15.9 Å². The number of fused-ring (bicyclic) bond motifs is 1. The van der Waals surface area contributed by atoms with E-state index in [-0.39, 0.29) is 5.92 Å². The second kappa shape index (κ2) is 4.64. The van der Waals surface area contributed by atoms with Crippen LogP contribution in [0.4, 0.5) is 5.69 Å². The maximum Gasteiger partial charge on any atom is 0.301 e. The van der Waals surface area contributed by atoms with Crippen molar-refractivity contribution in [3.63, 3.8) is 0 Å². The summed E-state index contributed by atoms with van der Waals surface area (Å²) in [4.78, 5) is 0. The number of rotatable bonds is 4. The SMILES string of the molecule is CNS(=O)(=O)N1CC(CCN)c2ccccc21. The van der Waals surface area contributed by atoms with Gasteiger partial charge in [-0.15, -0.1) is 0 Å². The number of hydrogen-bond acceptors (Lipinski definition) is 3. The fraction of sp³-hybridized carbons (Fsp3) is 0.455. The molecular formula is C11H17N3O2S. The van der Waals surface area contributed by atoms with Crippen molar-refractivity contribution in [3.05, 3.63) is 29.8 Å². The molecule has 0 saturated carbocycles. The molecule has 1 aliphatic rings. The molecule has 17 heavy (non-hydrogen) atoms. The Morgan fingerprint density at radius 3 is 2.82 bits per heavy atom. The number of anilines is 1. The third-order valence-corrected chi connectivity index (χ3v) is 4.54. The van der Waals surface area contributed by atoms with Crippen LogP contribution in [0, 0.1) is 0 Å². The molecule has 0 spiro atoms. The van der Waals surface area contributed by atoms with E-state index in [1.807, 2.05) is 24.3 Å². The van der Waals surface area contributed by atoms with E-state index in [9.17, 15) is 8.42 Å². The van der Waals surface area contributed by atoms with E-state index in [4.69, 9.17) is 5.73 Å². The molecule has 6 heteroatoms. The molecule has 0 aliphatic carbocycles. The molecule has 1 aromatic rings. The van der Waals surface area contributed by atoms with Crippen molar-refractivity contribution in [1.29, 1.82) is 0 Å². The monoisotopic (exact) mass is 255 g/mol. The van der Waals surface area contributed by atoms with Gasteiger partial charge < -0.3 is 5.73 Å². The molecule has 0 bridgehead atoms. The minimum atomic E-state index is -3.42. The maximum absolute atomic E-state index is 11.9. The van der Waals surface area contributed by atoms with Crippen LogP contribution in [-0.2, 0) is 10.2 Å². The molecular weight excluding hydrogens is 238 g/mol. The predicted octanol–water partition coefficient (Wildman–Crippen LogP) is 0.403. The number of benzene rings is 1. The largest absolute Gasteiger partial charge is 0.330 e. The van der Waals surface area contributed by atoms with Crippen LogP contribution in [0.5, 0.6) is 0 Å². The molecule has 0 fully saturated rings. The summed E-state index contributed by atoms with van der Waals surface area (Å²) in [7, 11) is -2.00. The summed E-state index contributed by atoms with van der Waals surface area (Å²) in [5, 5.41) is 0. The average Bonchev–Trinajstić information content (AvgIpc) is 2.70. The number of nitrogens with two attached hydrogens (primary N) is 1. The molecule has 3 N–H and O–H groups in total. The van der Waals surface area contributed by atoms with E-state index in [0.717, 1.165) is 17.7 Å². The Morgan fingerprint density at radius 1 is 1.47 bits per heavy atom. The van der Waals surface area contributed by atoms with E-state index in [0.29, 0.717) is 13.1 Å². The van der Waals surface area contributed by atoms with E-state index >= 15 is 0 Å². The zero-order chi connectivity index (χ0) is 12.5. The lowest BCUT2D eigenvalue weighted by Crippen LogP contribution is -2.38. The molecule has 1 aliphatic heterocycles. The molecule has 1 heterocycles. The molecule has 2 rings (SSSR count). The Morgan fingerprint density at radius 2 is 2.18 bits per heavy atom. The molecule has 1 aromatic carbocycles. The standard InChI is InChI=1S/C11H17N3O2S/c1-13-17(15,16)14-8-9(6-7-12)10-4-2-3-5-11(10)14/h2-5,9,13H,6-8,12H2,1H3. The van der Waals surface area contributed by atoms with Crippen LogP contribution < -0.4 is 14.8 Å². The van der Waals surface area contributed by atoms with Gasteiger partial charge in [-0.25, -0.2) is 4.72 Å². The lowest BCUT2D eigenvalue weighted by Gasteiger charge is -2.18. The minimum Gasteiger partial charge on any atom is -0.330 e. The Kier molecular flexibility index (Phi) is 3.37. The Bertz CT molecular complexity index is 501. The predicted molar refractivity (Wildman–Crippen MR) is 68.2 cm³/mol. The van der Waals surface area contributed by atoms with Gasteiger partial charge in [0.05, 0.1) is 5.69 Å². The highest BCUT2D eigenvalue weighted by molar-refractivity contribution is 7.90. The minimum absolute atomic E-state index is 0.194. The van der Waals surface area contributed by atoms with Crippen molar-refractivity contribution in [2.45, 2.75) is 12.3 Å². The molecule has 0 saturated heterocycles. The normalized spacial score (nSPS) is 19.4. The number of hydrogen-bond donors (Lipinski definition) is 2. The van der Waals surface area contributed by atoms with Crippen molar-refractivity contribution in [2.24, 2.45) is 5.73 Å². The number of nitrogens with zero attached hydrogens (tertiary/aromatic N) is 1. The quantitative estimate of drug-likeness (QED) is 0.818. The van der Waals surface area contributed by atoms with Crippen LogP contribution in [0.25, 0.3) is 0 Å². The van der Waals surface area contributed by atoms with Crippen LogP contribution in [0.3, 0.4) is 0 Å². The first-order chi connectivity index (χ1) is 8.10. The molecule has 0 aromatic heterocycles. The lowest BCUT2D eigenvalue weighted by molar-refractivity contribution is 0.579. The lowest BCUT2D eigenvalue weighted by atomic mass is 9.98. The fourth-order valence-electron chi connectivity index (χ4n) is 2.24. The maximum atomic E-state index is 11.9. The molecule has 1 unspecified atom stereocenters. The van der Waals surface area contributed by atoms with Crippen LogP contribution in [0.15, 0.2) is 24.3 Å². The number of para-hydroxylation sites is 1. The molecule has 0 amide bonds. The van der Waals surface area contributed by atoms with Crippen LogP contribution >= 0.6 is 0 Å². The van der Waals surface area contributed by atoms with Crippen molar-refractivity contribution in [3.8, 4) is 0 Å². The highest BCUT2D eigenvalue weighted by atomic mass is 32.2.